The molecule has 0 heterocycles. The number of halogens is 3. The fourth-order valence-electron chi connectivity index (χ4n) is 3.88. The third kappa shape index (κ3) is 6.44. The van der Waals surface area contributed by atoms with Gasteiger partial charge >= 0.3 is 12.2 Å². The monoisotopic (exact) mass is 519 g/mol. The van der Waals surface area contributed by atoms with E-state index in [1.807, 2.05) is 6.92 Å². The first kappa shape index (κ1) is 27.2. The summed E-state index contributed by atoms with van der Waals surface area (Å²) in [5, 5.41) is 5.34. The molecule has 36 heavy (non-hydrogen) atoms. The van der Waals surface area contributed by atoms with Crippen molar-refractivity contribution in [1.82, 2.24) is 4.90 Å². The average molecular weight is 520 g/mol. The molecule has 3 aromatic carbocycles. The van der Waals surface area contributed by atoms with E-state index in [1.54, 1.807) is 42.5 Å². The van der Waals surface area contributed by atoms with Crippen molar-refractivity contribution in [1.29, 1.82) is 0 Å². The molecule has 0 atom stereocenters. The number of rotatable bonds is 8. The predicted octanol–water partition coefficient (Wildman–Crippen LogP) is 5.88. The average Bonchev–Trinajstić information content (AvgIpc) is 2.85. The van der Waals surface area contributed by atoms with Crippen molar-refractivity contribution >= 4 is 21.7 Å². The van der Waals surface area contributed by atoms with Gasteiger partial charge in [-0.05, 0) is 35.7 Å². The summed E-state index contributed by atoms with van der Waals surface area (Å²) in [7, 11) is -2.59. The summed E-state index contributed by atoms with van der Waals surface area (Å²) < 4.78 is 64.4. The van der Waals surface area contributed by atoms with Crippen molar-refractivity contribution in [2.45, 2.75) is 37.4 Å². The molecule has 6 nitrogen and oxygen atoms in total. The standard InChI is InChI=1S/C26H28F3N3O3S/c1-3-4-17-32(25(33)31(2)23-11-7-6-10-22(23)26(27,28)29)18-19-13-15-20(16-14-19)21-9-5-8-12-24(21)36(30,34)35/h5-16H,3-4,17-18H2,1-2H3,(H2,30,34,35). The van der Waals surface area contributed by atoms with Crippen LogP contribution in [0, 0.1) is 0 Å². The molecule has 0 fully saturated rings. The van der Waals surface area contributed by atoms with E-state index in [0.29, 0.717) is 24.1 Å². The van der Waals surface area contributed by atoms with Gasteiger partial charge in [0.2, 0.25) is 10.0 Å². The van der Waals surface area contributed by atoms with Crippen molar-refractivity contribution in [2.24, 2.45) is 5.14 Å². The van der Waals surface area contributed by atoms with Crippen LogP contribution in [-0.2, 0) is 22.7 Å². The number of urea groups is 1. The number of hydrogen-bond donors (Lipinski definition) is 1. The van der Waals surface area contributed by atoms with Crippen LogP contribution in [0.15, 0.2) is 77.7 Å². The molecular weight excluding hydrogens is 491 g/mol. The number of hydrogen-bond acceptors (Lipinski definition) is 3. The van der Waals surface area contributed by atoms with Crippen molar-refractivity contribution in [3.63, 3.8) is 0 Å². The molecule has 0 unspecified atom stereocenters. The Balaban J connectivity index is 1.87. The molecule has 0 aromatic heterocycles. The van der Waals surface area contributed by atoms with E-state index >= 15 is 0 Å². The molecular formula is C26H28F3N3O3S. The number of carbonyl (C=O) groups excluding carboxylic acids is 1. The third-order valence-electron chi connectivity index (χ3n) is 5.74. The summed E-state index contributed by atoms with van der Waals surface area (Å²) in [5.74, 6) is 0. The van der Waals surface area contributed by atoms with E-state index in [0.717, 1.165) is 23.0 Å². The number of amides is 2. The van der Waals surface area contributed by atoms with E-state index in [-0.39, 0.29) is 17.1 Å². The normalized spacial score (nSPS) is 11.8. The number of alkyl halides is 3. The Labute approximate surface area is 209 Å². The predicted molar refractivity (Wildman–Crippen MR) is 134 cm³/mol. The summed E-state index contributed by atoms with van der Waals surface area (Å²) in [6.07, 6.45) is -3.11. The van der Waals surface area contributed by atoms with Gasteiger partial charge in [-0.25, -0.2) is 18.4 Å². The number of anilines is 1. The van der Waals surface area contributed by atoms with Gasteiger partial charge < -0.3 is 4.90 Å². The van der Waals surface area contributed by atoms with Crippen LogP contribution in [0.2, 0.25) is 0 Å². The van der Waals surface area contributed by atoms with Gasteiger partial charge in [-0.1, -0.05) is 67.9 Å². The molecule has 0 saturated heterocycles. The Morgan fingerprint density at radius 2 is 1.56 bits per heavy atom. The number of nitrogens with zero attached hydrogens (tertiary/aromatic N) is 2. The molecule has 0 aliphatic heterocycles. The van der Waals surface area contributed by atoms with Crippen molar-refractivity contribution < 1.29 is 26.4 Å². The SMILES string of the molecule is CCCCN(Cc1ccc(-c2ccccc2S(N)(=O)=O)cc1)C(=O)N(C)c1ccccc1C(F)(F)F. The zero-order valence-corrected chi connectivity index (χ0v) is 20.8. The topological polar surface area (TPSA) is 83.7 Å². The first-order valence-electron chi connectivity index (χ1n) is 11.3. The summed E-state index contributed by atoms with van der Waals surface area (Å²) in [5.41, 5.74) is 0.731. The molecule has 0 aliphatic rings. The van der Waals surface area contributed by atoms with Crippen molar-refractivity contribution in [3.8, 4) is 11.1 Å². The minimum absolute atomic E-state index is 0.00227. The maximum Gasteiger partial charge on any atom is 0.418 e. The molecule has 3 rings (SSSR count). The number of primary sulfonamides is 1. The van der Waals surface area contributed by atoms with Crippen molar-refractivity contribution in [3.05, 3.63) is 83.9 Å². The highest BCUT2D eigenvalue weighted by molar-refractivity contribution is 7.89. The number of carbonyl (C=O) groups is 1. The van der Waals surface area contributed by atoms with Gasteiger partial charge in [0.25, 0.3) is 0 Å². The Bertz CT molecular complexity index is 1310. The van der Waals surface area contributed by atoms with Crippen LogP contribution < -0.4 is 10.0 Å². The Kier molecular flexibility index (Phi) is 8.42. The van der Waals surface area contributed by atoms with Crippen LogP contribution in [0.1, 0.15) is 30.9 Å². The second-order valence-electron chi connectivity index (χ2n) is 8.37. The molecule has 3 aromatic rings. The largest absolute Gasteiger partial charge is 0.418 e. The van der Waals surface area contributed by atoms with Gasteiger partial charge in [0.05, 0.1) is 16.1 Å². The number of unbranched alkanes of at least 4 members (excludes halogenated alkanes) is 1. The summed E-state index contributed by atoms with van der Waals surface area (Å²) in [6.45, 7) is 2.50. The van der Waals surface area contributed by atoms with Crippen molar-refractivity contribution in [2.75, 3.05) is 18.5 Å². The molecule has 0 spiro atoms. The van der Waals surface area contributed by atoms with Crippen LogP contribution in [-0.4, -0.2) is 32.9 Å². The van der Waals surface area contributed by atoms with Crippen LogP contribution in [0.5, 0.6) is 0 Å². The van der Waals surface area contributed by atoms with Crippen LogP contribution in [0.3, 0.4) is 0 Å². The molecule has 0 saturated carbocycles. The van der Waals surface area contributed by atoms with Gasteiger partial charge in [-0.2, -0.15) is 13.2 Å². The summed E-state index contributed by atoms with van der Waals surface area (Å²) in [6, 6.07) is 17.8. The smallest absolute Gasteiger partial charge is 0.320 e. The van der Waals surface area contributed by atoms with Gasteiger partial charge in [-0.15, -0.1) is 0 Å². The van der Waals surface area contributed by atoms with Gasteiger partial charge in [0.1, 0.15) is 0 Å². The quantitative estimate of drug-likeness (QED) is 0.404. The fourth-order valence-corrected chi connectivity index (χ4v) is 4.64. The van der Waals surface area contributed by atoms with E-state index in [1.165, 1.54) is 36.2 Å². The van der Waals surface area contributed by atoms with Crippen LogP contribution >= 0.6 is 0 Å². The molecule has 0 aliphatic carbocycles. The lowest BCUT2D eigenvalue weighted by Gasteiger charge is -2.30. The molecule has 0 radical (unpaired) electrons. The number of para-hydroxylation sites is 1. The Morgan fingerprint density at radius 3 is 2.17 bits per heavy atom. The zero-order chi connectivity index (χ0) is 26.5. The molecule has 10 heteroatoms. The van der Waals surface area contributed by atoms with Gasteiger partial charge in [0.15, 0.2) is 0 Å². The molecule has 2 N–H and O–H groups in total. The number of sulfonamides is 1. The molecule has 0 bridgehead atoms. The minimum atomic E-state index is -4.59. The van der Waals surface area contributed by atoms with Gasteiger partial charge in [-0.3, -0.25) is 4.90 Å². The van der Waals surface area contributed by atoms with E-state index in [9.17, 15) is 26.4 Å². The highest BCUT2D eigenvalue weighted by Gasteiger charge is 2.35. The first-order valence-corrected chi connectivity index (χ1v) is 12.9. The maximum atomic E-state index is 13.5. The van der Waals surface area contributed by atoms with Crippen LogP contribution in [0.4, 0.5) is 23.7 Å². The Morgan fingerprint density at radius 1 is 0.944 bits per heavy atom. The minimum Gasteiger partial charge on any atom is -0.320 e. The van der Waals surface area contributed by atoms with E-state index in [4.69, 9.17) is 5.14 Å². The highest BCUT2D eigenvalue weighted by Crippen LogP contribution is 2.36. The molecule has 2 amide bonds. The highest BCUT2D eigenvalue weighted by atomic mass is 32.2. The second kappa shape index (κ2) is 11.1. The number of benzene rings is 3. The third-order valence-corrected chi connectivity index (χ3v) is 6.71. The molecule has 192 valence electrons. The fraction of sp³-hybridized carbons (Fsp3) is 0.269. The Hall–Kier alpha value is -3.37. The van der Waals surface area contributed by atoms with E-state index in [2.05, 4.69) is 0 Å². The summed E-state index contributed by atoms with van der Waals surface area (Å²) in [4.78, 5) is 15.8. The number of nitrogens with two attached hydrogens (primary N) is 1. The van der Waals surface area contributed by atoms with Crippen LogP contribution in [0.25, 0.3) is 11.1 Å². The van der Waals surface area contributed by atoms with E-state index < -0.39 is 27.8 Å². The lowest BCUT2D eigenvalue weighted by Crippen LogP contribution is -2.42. The maximum absolute atomic E-state index is 13.5. The first-order chi connectivity index (χ1) is 16.9. The zero-order valence-electron chi connectivity index (χ0n) is 20.0. The van der Waals surface area contributed by atoms with Gasteiger partial charge in [0, 0.05) is 25.7 Å². The lowest BCUT2D eigenvalue weighted by atomic mass is 10.0. The lowest BCUT2D eigenvalue weighted by molar-refractivity contribution is -0.137. The summed E-state index contributed by atoms with van der Waals surface area (Å²) >= 11 is 0. The second-order valence-corrected chi connectivity index (χ2v) is 9.90.